The Morgan fingerprint density at radius 1 is 1.08 bits per heavy atom. The maximum absolute atomic E-state index is 12.6. The molecular formula is C26H22BrClN2O6. The number of carbonyl (C=O) groups is 3. The minimum atomic E-state index is -0.675. The fourth-order valence-electron chi connectivity index (χ4n) is 3.67. The van der Waals surface area contributed by atoms with Crippen LogP contribution in [0.5, 0.6) is 17.2 Å². The molecule has 0 radical (unpaired) electrons. The Balaban J connectivity index is 1.31. The van der Waals surface area contributed by atoms with Crippen molar-refractivity contribution in [3.8, 4) is 17.2 Å². The van der Waals surface area contributed by atoms with Gasteiger partial charge in [0.05, 0.1) is 23.7 Å². The smallest absolute Gasteiger partial charge is 0.311 e. The monoisotopic (exact) mass is 572 g/mol. The van der Waals surface area contributed by atoms with E-state index in [1.165, 1.54) is 4.90 Å². The van der Waals surface area contributed by atoms with Crippen molar-refractivity contribution in [2.75, 3.05) is 30.5 Å². The van der Waals surface area contributed by atoms with Crippen LogP contribution in [0, 0.1) is 5.92 Å². The zero-order chi connectivity index (χ0) is 25.7. The summed E-state index contributed by atoms with van der Waals surface area (Å²) in [6.07, 6.45) is -0.00153. The SMILES string of the molecule is COc1ccccc1Oc1ccc(N2C[C@@H](C(=O)OCC(=O)Nc3ccc(Br)cc3Cl)CC2=O)cc1. The molecule has 8 nitrogen and oxygen atoms in total. The van der Waals surface area contributed by atoms with Crippen LogP contribution in [0.2, 0.25) is 5.02 Å². The van der Waals surface area contributed by atoms with E-state index in [0.717, 1.165) is 4.47 Å². The highest BCUT2D eigenvalue weighted by molar-refractivity contribution is 9.10. The number of anilines is 2. The van der Waals surface area contributed by atoms with Crippen LogP contribution in [0.3, 0.4) is 0 Å². The van der Waals surface area contributed by atoms with Gasteiger partial charge in [0.1, 0.15) is 5.75 Å². The Morgan fingerprint density at radius 3 is 2.50 bits per heavy atom. The van der Waals surface area contributed by atoms with E-state index in [9.17, 15) is 14.4 Å². The molecule has 1 atom stereocenters. The van der Waals surface area contributed by atoms with E-state index in [-0.39, 0.29) is 18.9 Å². The number of methoxy groups -OCH3 is 1. The van der Waals surface area contributed by atoms with Crippen LogP contribution in [0.25, 0.3) is 0 Å². The Labute approximate surface area is 221 Å². The number of carbonyl (C=O) groups excluding carboxylic acids is 3. The van der Waals surface area contributed by atoms with Gasteiger partial charge in [-0.05, 0) is 54.6 Å². The van der Waals surface area contributed by atoms with E-state index in [2.05, 4.69) is 21.2 Å². The number of hydrogen-bond donors (Lipinski definition) is 1. The first-order valence-corrected chi connectivity index (χ1v) is 12.1. The van der Waals surface area contributed by atoms with Crippen LogP contribution in [-0.2, 0) is 19.1 Å². The Bertz CT molecular complexity index is 1280. The number of rotatable bonds is 8. The average molecular weight is 574 g/mol. The van der Waals surface area contributed by atoms with Gasteiger partial charge in [-0.25, -0.2) is 0 Å². The van der Waals surface area contributed by atoms with E-state index < -0.39 is 24.4 Å². The molecule has 0 spiro atoms. The zero-order valence-corrected chi connectivity index (χ0v) is 21.5. The first-order valence-electron chi connectivity index (χ1n) is 11.0. The fraction of sp³-hybridized carbons (Fsp3) is 0.192. The first-order chi connectivity index (χ1) is 17.3. The maximum Gasteiger partial charge on any atom is 0.311 e. The molecule has 4 rings (SSSR count). The van der Waals surface area contributed by atoms with E-state index in [1.54, 1.807) is 61.7 Å². The molecule has 186 valence electrons. The van der Waals surface area contributed by atoms with E-state index in [4.69, 9.17) is 25.8 Å². The van der Waals surface area contributed by atoms with Gasteiger partial charge in [0, 0.05) is 23.1 Å². The van der Waals surface area contributed by atoms with Crippen LogP contribution < -0.4 is 19.7 Å². The standard InChI is InChI=1S/C26H22BrClN2O6/c1-34-22-4-2-3-5-23(22)36-19-9-7-18(8-10-19)30-14-16(12-25(30)32)26(33)35-15-24(31)29-21-11-6-17(27)13-20(21)28/h2-11,13,16H,12,14-15H2,1H3,(H,29,31)/t16-/m0/s1. The van der Waals surface area contributed by atoms with Gasteiger partial charge < -0.3 is 24.4 Å². The lowest BCUT2D eigenvalue weighted by Crippen LogP contribution is -2.28. The molecule has 10 heteroatoms. The highest BCUT2D eigenvalue weighted by atomic mass is 79.9. The van der Waals surface area contributed by atoms with Crippen molar-refractivity contribution < 1.29 is 28.6 Å². The molecule has 1 heterocycles. The molecule has 1 N–H and O–H groups in total. The largest absolute Gasteiger partial charge is 0.493 e. The summed E-state index contributed by atoms with van der Waals surface area (Å²) in [5, 5.41) is 2.94. The molecule has 1 saturated heterocycles. The van der Waals surface area contributed by atoms with Crippen molar-refractivity contribution in [3.05, 3.63) is 76.2 Å². The number of nitrogens with one attached hydrogen (secondary N) is 1. The molecule has 1 aliphatic heterocycles. The Hall–Kier alpha value is -3.56. The van der Waals surface area contributed by atoms with E-state index >= 15 is 0 Å². The predicted octanol–water partition coefficient (Wildman–Crippen LogP) is 5.44. The highest BCUT2D eigenvalue weighted by Gasteiger charge is 2.36. The van der Waals surface area contributed by atoms with Gasteiger partial charge in [0.2, 0.25) is 5.91 Å². The van der Waals surface area contributed by atoms with E-state index in [1.807, 2.05) is 12.1 Å². The van der Waals surface area contributed by atoms with Gasteiger partial charge in [-0.1, -0.05) is 39.7 Å². The predicted molar refractivity (Wildman–Crippen MR) is 139 cm³/mol. The quantitative estimate of drug-likeness (QED) is 0.361. The summed E-state index contributed by atoms with van der Waals surface area (Å²) in [5.41, 5.74) is 1.03. The van der Waals surface area contributed by atoms with Crippen LogP contribution in [-0.4, -0.2) is 38.0 Å². The van der Waals surface area contributed by atoms with E-state index in [0.29, 0.717) is 33.6 Å². The molecule has 0 aromatic heterocycles. The number of amides is 2. The minimum Gasteiger partial charge on any atom is -0.493 e. The van der Waals surface area contributed by atoms with Crippen molar-refractivity contribution in [3.63, 3.8) is 0 Å². The Kier molecular flexibility index (Phi) is 8.12. The minimum absolute atomic E-state index is 0.00153. The molecule has 0 aliphatic carbocycles. The summed E-state index contributed by atoms with van der Waals surface area (Å²) >= 11 is 9.37. The number of nitrogens with zero attached hydrogens (tertiary/aromatic N) is 1. The van der Waals surface area contributed by atoms with Gasteiger partial charge in [0.15, 0.2) is 18.1 Å². The maximum atomic E-state index is 12.6. The fourth-order valence-corrected chi connectivity index (χ4v) is 4.39. The molecule has 0 saturated carbocycles. The zero-order valence-electron chi connectivity index (χ0n) is 19.2. The van der Waals surface area contributed by atoms with Gasteiger partial charge in [-0.3, -0.25) is 14.4 Å². The van der Waals surface area contributed by atoms with Gasteiger partial charge in [-0.15, -0.1) is 0 Å². The van der Waals surface area contributed by atoms with Crippen molar-refractivity contribution in [2.24, 2.45) is 5.92 Å². The third-order valence-electron chi connectivity index (χ3n) is 5.45. The van der Waals surface area contributed by atoms with Gasteiger partial charge >= 0.3 is 5.97 Å². The Morgan fingerprint density at radius 2 is 1.81 bits per heavy atom. The van der Waals surface area contributed by atoms with Crippen LogP contribution in [0.4, 0.5) is 11.4 Å². The number of esters is 1. The topological polar surface area (TPSA) is 94.2 Å². The molecule has 1 fully saturated rings. The normalized spacial score (nSPS) is 14.9. The second-order valence-electron chi connectivity index (χ2n) is 7.93. The van der Waals surface area contributed by atoms with Crippen molar-refractivity contribution in [2.45, 2.75) is 6.42 Å². The summed E-state index contributed by atoms with van der Waals surface area (Å²) in [7, 11) is 1.57. The third-order valence-corrected chi connectivity index (χ3v) is 6.26. The molecule has 36 heavy (non-hydrogen) atoms. The molecule has 3 aromatic rings. The van der Waals surface area contributed by atoms with Gasteiger partial charge in [-0.2, -0.15) is 0 Å². The molecule has 0 unspecified atom stereocenters. The lowest BCUT2D eigenvalue weighted by molar-refractivity contribution is -0.151. The molecule has 0 bridgehead atoms. The summed E-state index contributed by atoms with van der Waals surface area (Å²) in [6.45, 7) is -0.324. The van der Waals surface area contributed by atoms with Crippen molar-refractivity contribution in [1.29, 1.82) is 0 Å². The number of benzene rings is 3. The lowest BCUT2D eigenvalue weighted by atomic mass is 10.1. The highest BCUT2D eigenvalue weighted by Crippen LogP contribution is 2.33. The lowest BCUT2D eigenvalue weighted by Gasteiger charge is -2.17. The summed E-state index contributed by atoms with van der Waals surface area (Å²) in [4.78, 5) is 38.8. The summed E-state index contributed by atoms with van der Waals surface area (Å²) < 4.78 is 17.1. The summed E-state index contributed by atoms with van der Waals surface area (Å²) in [5.74, 6) is -0.279. The number of halogens is 2. The molecule has 3 aromatic carbocycles. The summed E-state index contributed by atoms with van der Waals surface area (Å²) in [6, 6.07) is 19.2. The first kappa shape index (κ1) is 25.5. The third kappa shape index (κ3) is 6.16. The van der Waals surface area contributed by atoms with Crippen molar-refractivity contribution in [1.82, 2.24) is 0 Å². The van der Waals surface area contributed by atoms with Crippen molar-refractivity contribution >= 4 is 56.7 Å². The second kappa shape index (κ2) is 11.5. The molecule has 2 amide bonds. The van der Waals surface area contributed by atoms with Gasteiger partial charge in [0.25, 0.3) is 5.91 Å². The van der Waals surface area contributed by atoms with Crippen LogP contribution in [0.1, 0.15) is 6.42 Å². The number of para-hydroxylation sites is 2. The molecular weight excluding hydrogens is 552 g/mol. The second-order valence-corrected chi connectivity index (χ2v) is 9.26. The van der Waals surface area contributed by atoms with Crippen LogP contribution in [0.15, 0.2) is 71.2 Å². The average Bonchev–Trinajstić information content (AvgIpc) is 3.26. The number of hydrogen-bond acceptors (Lipinski definition) is 6. The van der Waals surface area contributed by atoms with Crippen LogP contribution >= 0.6 is 27.5 Å². The molecule has 1 aliphatic rings. The number of ether oxygens (including phenoxy) is 3.